The monoisotopic (exact) mass is 452 g/mol. The Morgan fingerprint density at radius 2 is 2.00 bits per heavy atom. The molecule has 0 radical (unpaired) electrons. The van der Waals surface area contributed by atoms with Gasteiger partial charge >= 0.3 is 5.97 Å². The normalized spacial score (nSPS) is 10.5. The molecule has 6 nitrogen and oxygen atoms in total. The van der Waals surface area contributed by atoms with E-state index in [1.165, 1.54) is 13.1 Å². The smallest absolute Gasteiger partial charge is 0.308 e. The van der Waals surface area contributed by atoms with E-state index in [1.807, 2.05) is 19.1 Å². The SMILES string of the molecule is CCOc1cc(/C=N\NC(=O)c2cccc(I)c2)ccc1OC(C)=O. The molecule has 0 saturated carbocycles. The minimum absolute atomic E-state index is 0.295. The third-order valence-electron chi connectivity index (χ3n) is 2.99. The summed E-state index contributed by atoms with van der Waals surface area (Å²) in [5.41, 5.74) is 3.70. The number of carbonyl (C=O) groups is 2. The highest BCUT2D eigenvalue weighted by atomic mass is 127. The number of benzene rings is 2. The molecule has 0 aromatic heterocycles. The summed E-state index contributed by atoms with van der Waals surface area (Å²) in [6.45, 7) is 3.59. The Hall–Kier alpha value is -2.42. The van der Waals surface area contributed by atoms with E-state index in [2.05, 4.69) is 33.1 Å². The topological polar surface area (TPSA) is 77.0 Å². The molecule has 2 aromatic rings. The van der Waals surface area contributed by atoms with Gasteiger partial charge in [0.15, 0.2) is 11.5 Å². The maximum Gasteiger partial charge on any atom is 0.308 e. The zero-order valence-corrected chi connectivity index (χ0v) is 15.9. The number of nitrogens with one attached hydrogen (secondary N) is 1. The number of amides is 1. The number of ether oxygens (including phenoxy) is 2. The summed E-state index contributed by atoms with van der Waals surface area (Å²) in [4.78, 5) is 23.1. The highest BCUT2D eigenvalue weighted by Gasteiger charge is 2.08. The highest BCUT2D eigenvalue weighted by Crippen LogP contribution is 2.28. The Balaban J connectivity index is 2.08. The molecule has 0 aliphatic carbocycles. The molecule has 0 unspecified atom stereocenters. The summed E-state index contributed by atoms with van der Waals surface area (Å²) in [6.07, 6.45) is 1.49. The van der Waals surface area contributed by atoms with Crippen molar-refractivity contribution in [2.45, 2.75) is 13.8 Å². The molecule has 2 rings (SSSR count). The lowest BCUT2D eigenvalue weighted by Crippen LogP contribution is -2.17. The summed E-state index contributed by atoms with van der Waals surface area (Å²) >= 11 is 2.14. The van der Waals surface area contributed by atoms with E-state index >= 15 is 0 Å². The van der Waals surface area contributed by atoms with Gasteiger partial charge in [0.1, 0.15) is 0 Å². The van der Waals surface area contributed by atoms with Crippen molar-refractivity contribution in [2.75, 3.05) is 6.61 Å². The van der Waals surface area contributed by atoms with Crippen molar-refractivity contribution in [3.05, 3.63) is 57.2 Å². The summed E-state index contributed by atoms with van der Waals surface area (Å²) in [7, 11) is 0. The molecule has 7 heteroatoms. The van der Waals surface area contributed by atoms with Gasteiger partial charge in [-0.2, -0.15) is 5.10 Å². The zero-order valence-electron chi connectivity index (χ0n) is 13.8. The Labute approximate surface area is 159 Å². The number of hydrogen-bond donors (Lipinski definition) is 1. The fourth-order valence-electron chi connectivity index (χ4n) is 1.97. The van der Waals surface area contributed by atoms with Crippen LogP contribution in [0.3, 0.4) is 0 Å². The Bertz CT molecular complexity index is 805. The van der Waals surface area contributed by atoms with Gasteiger partial charge in [0.05, 0.1) is 12.8 Å². The Kier molecular flexibility index (Phi) is 6.93. The van der Waals surface area contributed by atoms with Crippen molar-refractivity contribution in [3.63, 3.8) is 0 Å². The van der Waals surface area contributed by atoms with Crippen LogP contribution in [-0.2, 0) is 4.79 Å². The molecule has 1 amide bonds. The fourth-order valence-corrected chi connectivity index (χ4v) is 2.52. The van der Waals surface area contributed by atoms with E-state index in [9.17, 15) is 9.59 Å². The maximum absolute atomic E-state index is 12.0. The average molecular weight is 452 g/mol. The lowest BCUT2D eigenvalue weighted by molar-refractivity contribution is -0.132. The van der Waals surface area contributed by atoms with Gasteiger partial charge < -0.3 is 9.47 Å². The van der Waals surface area contributed by atoms with Crippen molar-refractivity contribution in [3.8, 4) is 11.5 Å². The van der Waals surface area contributed by atoms with E-state index < -0.39 is 5.97 Å². The molecule has 2 aromatic carbocycles. The van der Waals surface area contributed by atoms with Gasteiger partial charge in [-0.1, -0.05) is 6.07 Å². The molecule has 1 N–H and O–H groups in total. The number of esters is 1. The van der Waals surface area contributed by atoms with Crippen LogP contribution in [0.1, 0.15) is 29.8 Å². The van der Waals surface area contributed by atoms with Crippen LogP contribution in [0.4, 0.5) is 0 Å². The van der Waals surface area contributed by atoms with Crippen LogP contribution in [0.25, 0.3) is 0 Å². The molecule has 0 atom stereocenters. The van der Waals surface area contributed by atoms with Gasteiger partial charge in [-0.3, -0.25) is 9.59 Å². The van der Waals surface area contributed by atoms with Gasteiger partial charge in [0, 0.05) is 16.1 Å². The van der Waals surface area contributed by atoms with Gasteiger partial charge in [-0.25, -0.2) is 5.43 Å². The fraction of sp³-hybridized carbons (Fsp3) is 0.167. The first-order valence-electron chi connectivity index (χ1n) is 7.54. The third kappa shape index (κ3) is 5.86. The largest absolute Gasteiger partial charge is 0.490 e. The van der Waals surface area contributed by atoms with Crippen LogP contribution in [-0.4, -0.2) is 24.7 Å². The number of hydrazone groups is 1. The second kappa shape index (κ2) is 9.16. The summed E-state index contributed by atoms with van der Waals surface area (Å²) in [6, 6.07) is 12.2. The first kappa shape index (κ1) is 18.9. The van der Waals surface area contributed by atoms with Crippen LogP contribution in [0.2, 0.25) is 0 Å². The molecular formula is C18H17IN2O4. The quantitative estimate of drug-likeness (QED) is 0.240. The number of halogens is 1. The Morgan fingerprint density at radius 3 is 2.68 bits per heavy atom. The summed E-state index contributed by atoms with van der Waals surface area (Å²) in [5.74, 6) is 0.0587. The predicted molar refractivity (Wildman–Crippen MR) is 103 cm³/mol. The minimum Gasteiger partial charge on any atom is -0.490 e. The molecule has 130 valence electrons. The second-order valence-electron chi connectivity index (χ2n) is 4.94. The van der Waals surface area contributed by atoms with Crippen LogP contribution in [0.5, 0.6) is 11.5 Å². The molecule has 0 aliphatic heterocycles. The van der Waals surface area contributed by atoms with Gasteiger partial charge in [0.25, 0.3) is 5.91 Å². The van der Waals surface area contributed by atoms with Crippen molar-refractivity contribution in [1.82, 2.24) is 5.43 Å². The molecule has 0 spiro atoms. The van der Waals surface area contributed by atoms with E-state index in [4.69, 9.17) is 9.47 Å². The van der Waals surface area contributed by atoms with E-state index in [-0.39, 0.29) is 5.91 Å². The van der Waals surface area contributed by atoms with E-state index in [0.29, 0.717) is 29.2 Å². The first-order valence-corrected chi connectivity index (χ1v) is 8.61. The minimum atomic E-state index is -0.424. The van der Waals surface area contributed by atoms with Crippen LogP contribution in [0.15, 0.2) is 47.6 Å². The van der Waals surface area contributed by atoms with Gasteiger partial charge in [0.2, 0.25) is 0 Å². The van der Waals surface area contributed by atoms with Gasteiger partial charge in [-0.05, 0) is 71.5 Å². The van der Waals surface area contributed by atoms with Crippen LogP contribution in [0, 0.1) is 3.57 Å². The summed E-state index contributed by atoms with van der Waals surface area (Å²) in [5, 5.41) is 3.95. The lowest BCUT2D eigenvalue weighted by Gasteiger charge is -2.10. The van der Waals surface area contributed by atoms with Crippen LogP contribution >= 0.6 is 22.6 Å². The van der Waals surface area contributed by atoms with Crippen molar-refractivity contribution >= 4 is 40.7 Å². The summed E-state index contributed by atoms with van der Waals surface area (Å²) < 4.78 is 11.5. The molecule has 0 aliphatic rings. The van der Waals surface area contributed by atoms with E-state index in [1.54, 1.807) is 30.3 Å². The van der Waals surface area contributed by atoms with E-state index in [0.717, 1.165) is 3.57 Å². The standard InChI is InChI=1S/C18H17IN2O4/c1-3-24-17-9-13(7-8-16(17)25-12(2)22)11-20-21-18(23)14-5-4-6-15(19)10-14/h4-11H,3H2,1-2H3,(H,21,23)/b20-11-. The number of nitrogens with zero attached hydrogens (tertiary/aromatic N) is 1. The molecule has 0 fully saturated rings. The van der Waals surface area contributed by atoms with Crippen molar-refractivity contribution in [2.24, 2.45) is 5.10 Å². The molecular weight excluding hydrogens is 435 g/mol. The van der Waals surface area contributed by atoms with Crippen LogP contribution < -0.4 is 14.9 Å². The lowest BCUT2D eigenvalue weighted by atomic mass is 10.2. The van der Waals surface area contributed by atoms with Crippen molar-refractivity contribution < 1.29 is 19.1 Å². The first-order chi connectivity index (χ1) is 12.0. The second-order valence-corrected chi connectivity index (χ2v) is 6.19. The average Bonchev–Trinajstić information content (AvgIpc) is 2.57. The number of hydrogen-bond acceptors (Lipinski definition) is 5. The number of rotatable bonds is 6. The predicted octanol–water partition coefficient (Wildman–Crippen LogP) is 3.38. The molecule has 0 heterocycles. The highest BCUT2D eigenvalue weighted by molar-refractivity contribution is 14.1. The molecule has 0 saturated heterocycles. The Morgan fingerprint density at radius 1 is 1.20 bits per heavy atom. The maximum atomic E-state index is 12.0. The third-order valence-corrected chi connectivity index (χ3v) is 3.66. The zero-order chi connectivity index (χ0) is 18.2. The van der Waals surface area contributed by atoms with Crippen molar-refractivity contribution in [1.29, 1.82) is 0 Å². The molecule has 0 bridgehead atoms. The number of carbonyl (C=O) groups excluding carboxylic acids is 2. The van der Waals surface area contributed by atoms with Gasteiger partial charge in [-0.15, -0.1) is 0 Å². The molecule has 25 heavy (non-hydrogen) atoms.